The van der Waals surface area contributed by atoms with E-state index in [2.05, 4.69) is 4.98 Å². The lowest BCUT2D eigenvalue weighted by atomic mass is 10.3. The molecule has 0 saturated carbocycles. The molecule has 2 heterocycles. The minimum atomic E-state index is 0.0318. The molecule has 0 unspecified atom stereocenters. The molecule has 0 aliphatic carbocycles. The van der Waals surface area contributed by atoms with Gasteiger partial charge in [-0.1, -0.05) is 11.8 Å². The van der Waals surface area contributed by atoms with Crippen molar-refractivity contribution in [2.75, 3.05) is 19.8 Å². The lowest BCUT2D eigenvalue weighted by Gasteiger charge is -2.11. The minimum Gasteiger partial charge on any atom is -0.349 e. The monoisotopic (exact) mass is 325 g/mol. The van der Waals surface area contributed by atoms with Gasteiger partial charge < -0.3 is 4.90 Å². The van der Waals surface area contributed by atoms with Gasteiger partial charge in [0.2, 0.25) is 5.91 Å². The fourth-order valence-electron chi connectivity index (χ4n) is 1.92. The van der Waals surface area contributed by atoms with Gasteiger partial charge in [0.05, 0.1) is 5.52 Å². The topological polar surface area (TPSA) is 55.2 Å². The second-order valence-corrected chi connectivity index (χ2v) is 6.80. The van der Waals surface area contributed by atoms with Gasteiger partial charge in [0.1, 0.15) is 4.70 Å². The molecule has 0 spiro atoms. The Hall–Kier alpha value is -1.34. The number of carbonyl (C=O) groups is 1. The summed E-state index contributed by atoms with van der Waals surface area (Å²) in [7, 11) is 3.52. The van der Waals surface area contributed by atoms with Crippen LogP contribution in [0.3, 0.4) is 0 Å². The molecule has 0 aromatic carbocycles. The van der Waals surface area contributed by atoms with E-state index in [0.29, 0.717) is 17.7 Å². The number of aromatic nitrogens is 2. The van der Waals surface area contributed by atoms with Crippen LogP contribution in [0.15, 0.2) is 21.4 Å². The van der Waals surface area contributed by atoms with E-state index < -0.39 is 0 Å². The minimum absolute atomic E-state index is 0.0318. The molecule has 2 aromatic rings. The highest BCUT2D eigenvalue weighted by molar-refractivity contribution is 7.99. The second-order valence-electron chi connectivity index (χ2n) is 4.82. The lowest BCUT2D eigenvalue weighted by Crippen LogP contribution is -2.22. The van der Waals surface area contributed by atoms with Gasteiger partial charge in [-0.2, -0.15) is 0 Å². The number of hydrogen-bond acceptors (Lipinski definition) is 5. The van der Waals surface area contributed by atoms with Crippen LogP contribution in [-0.2, 0) is 11.3 Å². The van der Waals surface area contributed by atoms with Crippen molar-refractivity contribution in [3.63, 3.8) is 0 Å². The fraction of sp³-hybridized carbons (Fsp3) is 0.500. The molecule has 1 amide bonds. The van der Waals surface area contributed by atoms with Gasteiger partial charge in [0, 0.05) is 32.8 Å². The third-order valence-corrected chi connectivity index (χ3v) is 5.07. The highest BCUT2D eigenvalue weighted by atomic mass is 32.2. The van der Waals surface area contributed by atoms with E-state index in [1.54, 1.807) is 35.3 Å². The van der Waals surface area contributed by atoms with E-state index in [4.69, 9.17) is 0 Å². The summed E-state index contributed by atoms with van der Waals surface area (Å²) in [4.78, 5) is 30.0. The van der Waals surface area contributed by atoms with Crippen LogP contribution in [0.4, 0.5) is 0 Å². The van der Waals surface area contributed by atoms with Crippen molar-refractivity contribution in [2.24, 2.45) is 0 Å². The van der Waals surface area contributed by atoms with Crippen LogP contribution in [0.25, 0.3) is 10.2 Å². The van der Waals surface area contributed by atoms with Crippen molar-refractivity contribution in [3.05, 3.63) is 21.8 Å². The van der Waals surface area contributed by atoms with E-state index >= 15 is 0 Å². The molecular weight excluding hydrogens is 306 g/mol. The van der Waals surface area contributed by atoms with Crippen molar-refractivity contribution in [2.45, 2.75) is 31.5 Å². The van der Waals surface area contributed by atoms with Crippen LogP contribution in [0.2, 0.25) is 0 Å². The molecule has 2 rings (SSSR count). The zero-order valence-corrected chi connectivity index (χ0v) is 14.1. The fourth-order valence-corrected chi connectivity index (χ4v) is 3.70. The first-order chi connectivity index (χ1) is 10.0. The summed E-state index contributed by atoms with van der Waals surface area (Å²) in [5.74, 6) is 0.909. The van der Waals surface area contributed by atoms with Crippen LogP contribution >= 0.6 is 23.1 Å². The Balaban J connectivity index is 2.08. The Kier molecular flexibility index (Phi) is 5.41. The standard InChI is InChI=1S/C14H19N3O2S2/c1-4-17-13(19)12-10(7-9-20-12)15-14(17)21-8-5-6-11(18)16(2)3/h7,9H,4-6,8H2,1-3H3. The summed E-state index contributed by atoms with van der Waals surface area (Å²) in [6.45, 7) is 2.56. The Morgan fingerprint density at radius 3 is 2.90 bits per heavy atom. The van der Waals surface area contributed by atoms with Crippen LogP contribution < -0.4 is 5.56 Å². The Morgan fingerprint density at radius 1 is 1.48 bits per heavy atom. The smallest absolute Gasteiger partial charge is 0.272 e. The molecule has 0 aliphatic heterocycles. The molecule has 0 aliphatic rings. The molecule has 0 radical (unpaired) electrons. The maximum Gasteiger partial charge on any atom is 0.272 e. The molecule has 0 bridgehead atoms. The molecule has 0 saturated heterocycles. The van der Waals surface area contributed by atoms with Crippen molar-refractivity contribution >= 4 is 39.2 Å². The summed E-state index contributed by atoms with van der Waals surface area (Å²) in [6, 6.07) is 1.88. The molecule has 0 atom stereocenters. The number of hydrogen-bond donors (Lipinski definition) is 0. The van der Waals surface area contributed by atoms with Crippen molar-refractivity contribution in [1.82, 2.24) is 14.5 Å². The number of fused-ring (bicyclic) bond motifs is 1. The number of rotatable bonds is 6. The van der Waals surface area contributed by atoms with Crippen LogP contribution in [0.1, 0.15) is 19.8 Å². The predicted molar refractivity (Wildman–Crippen MR) is 88.2 cm³/mol. The van der Waals surface area contributed by atoms with Crippen LogP contribution in [0.5, 0.6) is 0 Å². The normalized spacial score (nSPS) is 11.0. The number of thiophene rings is 1. The first-order valence-electron chi connectivity index (χ1n) is 6.85. The lowest BCUT2D eigenvalue weighted by molar-refractivity contribution is -0.128. The van der Waals surface area contributed by atoms with Gasteiger partial charge in [-0.3, -0.25) is 14.2 Å². The molecule has 0 fully saturated rings. The third kappa shape index (κ3) is 3.65. The number of nitrogens with zero attached hydrogens (tertiary/aromatic N) is 3. The van der Waals surface area contributed by atoms with E-state index in [0.717, 1.165) is 22.8 Å². The molecule has 7 heteroatoms. The maximum absolute atomic E-state index is 12.3. The van der Waals surface area contributed by atoms with Gasteiger partial charge in [0.15, 0.2) is 5.16 Å². The van der Waals surface area contributed by atoms with Crippen LogP contribution in [0, 0.1) is 0 Å². The van der Waals surface area contributed by atoms with Gasteiger partial charge in [0.25, 0.3) is 5.56 Å². The zero-order chi connectivity index (χ0) is 15.4. The predicted octanol–water partition coefficient (Wildman–Crippen LogP) is 2.44. The average Bonchev–Trinajstić information content (AvgIpc) is 2.92. The van der Waals surface area contributed by atoms with E-state index in [-0.39, 0.29) is 11.5 Å². The highest BCUT2D eigenvalue weighted by Crippen LogP contribution is 2.21. The van der Waals surface area contributed by atoms with Gasteiger partial charge >= 0.3 is 0 Å². The van der Waals surface area contributed by atoms with Crippen LogP contribution in [-0.4, -0.2) is 40.2 Å². The van der Waals surface area contributed by atoms with Crippen molar-refractivity contribution < 1.29 is 4.79 Å². The number of carbonyl (C=O) groups excluding carboxylic acids is 1. The largest absolute Gasteiger partial charge is 0.349 e. The molecule has 21 heavy (non-hydrogen) atoms. The summed E-state index contributed by atoms with van der Waals surface area (Å²) in [5, 5.41) is 2.63. The van der Waals surface area contributed by atoms with Crippen molar-refractivity contribution in [1.29, 1.82) is 0 Å². The Morgan fingerprint density at radius 2 is 2.24 bits per heavy atom. The van der Waals surface area contributed by atoms with E-state index in [9.17, 15) is 9.59 Å². The van der Waals surface area contributed by atoms with Gasteiger partial charge in [-0.05, 0) is 24.8 Å². The molecule has 5 nitrogen and oxygen atoms in total. The third-order valence-electron chi connectivity index (χ3n) is 3.11. The second kappa shape index (κ2) is 7.09. The van der Waals surface area contributed by atoms with Gasteiger partial charge in [-0.15, -0.1) is 11.3 Å². The summed E-state index contributed by atoms with van der Waals surface area (Å²) < 4.78 is 2.42. The molecule has 2 aromatic heterocycles. The molecular formula is C14H19N3O2S2. The van der Waals surface area contributed by atoms with E-state index in [1.807, 2.05) is 18.4 Å². The van der Waals surface area contributed by atoms with Crippen molar-refractivity contribution in [3.8, 4) is 0 Å². The zero-order valence-electron chi connectivity index (χ0n) is 12.5. The summed E-state index contributed by atoms with van der Waals surface area (Å²) in [6.07, 6.45) is 1.31. The molecule has 114 valence electrons. The summed E-state index contributed by atoms with van der Waals surface area (Å²) in [5.41, 5.74) is 0.797. The average molecular weight is 325 g/mol. The SMILES string of the molecule is CCn1c(SCCCC(=O)N(C)C)nc2ccsc2c1=O. The number of amides is 1. The first kappa shape index (κ1) is 16.0. The first-order valence-corrected chi connectivity index (χ1v) is 8.72. The Labute approximate surface area is 132 Å². The maximum atomic E-state index is 12.3. The quantitative estimate of drug-likeness (QED) is 0.465. The summed E-state index contributed by atoms with van der Waals surface area (Å²) >= 11 is 2.98. The van der Waals surface area contributed by atoms with Gasteiger partial charge in [-0.25, -0.2) is 4.98 Å². The number of thioether (sulfide) groups is 1. The Bertz CT molecular complexity index is 691. The highest BCUT2D eigenvalue weighted by Gasteiger charge is 2.11. The van der Waals surface area contributed by atoms with E-state index in [1.165, 1.54) is 11.3 Å². The molecule has 0 N–H and O–H groups in total.